The van der Waals surface area contributed by atoms with Crippen molar-refractivity contribution in [1.29, 1.82) is 0 Å². The Kier molecular flexibility index (Phi) is 4.35. The van der Waals surface area contributed by atoms with Crippen LogP contribution < -0.4 is 5.32 Å². The molecular formula is C16H20N2O5S. The van der Waals surface area contributed by atoms with E-state index in [1.54, 1.807) is 0 Å². The summed E-state index contributed by atoms with van der Waals surface area (Å²) in [6.45, 7) is 1.62. The Hall–Kier alpha value is -1.93. The average molecular weight is 352 g/mol. The van der Waals surface area contributed by atoms with E-state index in [4.69, 9.17) is 4.74 Å². The van der Waals surface area contributed by atoms with Gasteiger partial charge in [-0.05, 0) is 37.1 Å². The van der Waals surface area contributed by atoms with E-state index in [1.165, 1.54) is 35.5 Å². The zero-order chi connectivity index (χ0) is 17.4. The number of ether oxygens (including phenoxy) is 1. The van der Waals surface area contributed by atoms with Crippen molar-refractivity contribution in [2.45, 2.75) is 43.0 Å². The van der Waals surface area contributed by atoms with Gasteiger partial charge in [-0.25, -0.2) is 8.42 Å². The lowest BCUT2D eigenvalue weighted by atomic mass is 9.97. The van der Waals surface area contributed by atoms with Crippen LogP contribution in [0.15, 0.2) is 29.2 Å². The topological polar surface area (TPSA) is 92.8 Å². The highest BCUT2D eigenvalue weighted by atomic mass is 32.2. The monoisotopic (exact) mass is 352 g/mol. The van der Waals surface area contributed by atoms with Gasteiger partial charge in [0.25, 0.3) is 0 Å². The Morgan fingerprint density at radius 3 is 2.42 bits per heavy atom. The molecule has 1 aliphatic carbocycles. The first-order valence-corrected chi connectivity index (χ1v) is 9.38. The number of nitrogens with one attached hydrogen (secondary N) is 1. The lowest BCUT2D eigenvalue weighted by Crippen LogP contribution is -2.60. The molecule has 0 unspecified atom stereocenters. The highest BCUT2D eigenvalue weighted by Gasteiger charge is 2.54. The number of cyclic esters (lactones) is 1. The van der Waals surface area contributed by atoms with Crippen molar-refractivity contribution in [2.75, 3.05) is 18.5 Å². The second-order valence-electron chi connectivity index (χ2n) is 6.16. The van der Waals surface area contributed by atoms with Crippen LogP contribution in [-0.4, -0.2) is 43.3 Å². The van der Waals surface area contributed by atoms with Gasteiger partial charge >= 0.3 is 5.97 Å². The Morgan fingerprint density at radius 2 is 1.83 bits per heavy atom. The van der Waals surface area contributed by atoms with Gasteiger partial charge in [-0.3, -0.25) is 9.59 Å². The number of sulfonamides is 1. The van der Waals surface area contributed by atoms with Crippen LogP contribution in [0.3, 0.4) is 0 Å². The van der Waals surface area contributed by atoms with Gasteiger partial charge in [0, 0.05) is 19.2 Å². The highest BCUT2D eigenvalue weighted by Crippen LogP contribution is 2.41. The van der Waals surface area contributed by atoms with Gasteiger partial charge in [-0.15, -0.1) is 0 Å². The number of carbonyl (C=O) groups excluding carboxylic acids is 2. The van der Waals surface area contributed by atoms with Crippen molar-refractivity contribution in [2.24, 2.45) is 0 Å². The van der Waals surface area contributed by atoms with Crippen molar-refractivity contribution in [1.82, 2.24) is 4.31 Å². The third-order valence-electron chi connectivity index (χ3n) is 4.58. The first-order valence-electron chi connectivity index (χ1n) is 7.94. The van der Waals surface area contributed by atoms with Gasteiger partial charge in [0.2, 0.25) is 15.9 Å². The second kappa shape index (κ2) is 6.18. The van der Waals surface area contributed by atoms with Crippen molar-refractivity contribution < 1.29 is 22.7 Å². The Balaban J connectivity index is 1.94. The zero-order valence-electron chi connectivity index (χ0n) is 13.4. The van der Waals surface area contributed by atoms with E-state index in [0.29, 0.717) is 18.5 Å². The molecular weight excluding hydrogens is 332 g/mol. The van der Waals surface area contributed by atoms with E-state index in [0.717, 1.165) is 12.8 Å². The fourth-order valence-electron chi connectivity index (χ4n) is 3.48. The fourth-order valence-corrected chi connectivity index (χ4v) is 5.24. The van der Waals surface area contributed by atoms with Gasteiger partial charge in [-0.2, -0.15) is 4.31 Å². The minimum Gasteiger partial charge on any atom is -0.463 e. The quantitative estimate of drug-likeness (QED) is 0.832. The summed E-state index contributed by atoms with van der Waals surface area (Å²) in [5.41, 5.74) is -0.539. The lowest BCUT2D eigenvalue weighted by Gasteiger charge is -2.41. The standard InChI is InChI=1S/C16H20N2O5S/c1-12(19)17-13-4-6-14(7-5-13)24(21,22)18-10-11-23-15(20)16(18)8-2-3-9-16/h4-7H,2-3,8-11H2,1H3,(H,17,19). The Labute approximate surface area is 141 Å². The van der Waals surface area contributed by atoms with Crippen molar-refractivity contribution in [3.8, 4) is 0 Å². The summed E-state index contributed by atoms with van der Waals surface area (Å²) in [6.07, 6.45) is 2.61. The van der Waals surface area contributed by atoms with Gasteiger partial charge in [-0.1, -0.05) is 12.8 Å². The summed E-state index contributed by atoms with van der Waals surface area (Å²) in [7, 11) is -3.81. The number of morpholine rings is 1. The third-order valence-corrected chi connectivity index (χ3v) is 6.56. The first kappa shape index (κ1) is 16.9. The van der Waals surface area contributed by atoms with E-state index in [-0.39, 0.29) is 24.0 Å². The van der Waals surface area contributed by atoms with Crippen LogP contribution in [0.1, 0.15) is 32.6 Å². The maximum absolute atomic E-state index is 13.1. The summed E-state index contributed by atoms with van der Waals surface area (Å²) in [5, 5.41) is 2.60. The minimum atomic E-state index is -3.81. The largest absolute Gasteiger partial charge is 0.463 e. The molecule has 1 amide bonds. The van der Waals surface area contributed by atoms with Crippen LogP contribution in [0.25, 0.3) is 0 Å². The molecule has 3 rings (SSSR count). The van der Waals surface area contributed by atoms with E-state index in [1.807, 2.05) is 0 Å². The highest BCUT2D eigenvalue weighted by molar-refractivity contribution is 7.89. The zero-order valence-corrected chi connectivity index (χ0v) is 14.3. The van der Waals surface area contributed by atoms with Crippen LogP contribution >= 0.6 is 0 Å². The van der Waals surface area contributed by atoms with Gasteiger partial charge < -0.3 is 10.1 Å². The summed E-state index contributed by atoms with van der Waals surface area (Å²) in [5.74, 6) is -0.668. The molecule has 1 aromatic carbocycles. The van der Waals surface area contributed by atoms with Gasteiger partial charge in [0.15, 0.2) is 0 Å². The molecule has 1 saturated carbocycles. The van der Waals surface area contributed by atoms with Crippen molar-refractivity contribution >= 4 is 27.6 Å². The number of benzene rings is 1. The van der Waals surface area contributed by atoms with Crippen LogP contribution in [0, 0.1) is 0 Å². The van der Waals surface area contributed by atoms with E-state index < -0.39 is 21.5 Å². The minimum absolute atomic E-state index is 0.0732. The Morgan fingerprint density at radius 1 is 1.21 bits per heavy atom. The van der Waals surface area contributed by atoms with Crippen LogP contribution in [0.5, 0.6) is 0 Å². The third kappa shape index (κ3) is 2.80. The SMILES string of the molecule is CC(=O)Nc1ccc(S(=O)(=O)N2CCOC(=O)C23CCCC3)cc1. The van der Waals surface area contributed by atoms with Crippen LogP contribution in [0.2, 0.25) is 0 Å². The Bertz CT molecular complexity index is 751. The molecule has 7 nitrogen and oxygen atoms in total. The first-order chi connectivity index (χ1) is 11.4. The number of hydrogen-bond donors (Lipinski definition) is 1. The van der Waals surface area contributed by atoms with Gasteiger partial charge in [0.1, 0.15) is 12.1 Å². The number of nitrogens with zero attached hydrogens (tertiary/aromatic N) is 1. The maximum atomic E-state index is 13.1. The lowest BCUT2D eigenvalue weighted by molar-refractivity contribution is -0.162. The summed E-state index contributed by atoms with van der Waals surface area (Å²) in [4.78, 5) is 23.5. The predicted molar refractivity (Wildman–Crippen MR) is 86.8 cm³/mol. The molecule has 24 heavy (non-hydrogen) atoms. The molecule has 2 aliphatic rings. The molecule has 2 fully saturated rings. The molecule has 1 saturated heterocycles. The summed E-state index contributed by atoms with van der Waals surface area (Å²) in [6, 6.07) is 5.97. The van der Waals surface area contributed by atoms with Crippen LogP contribution in [-0.2, 0) is 24.3 Å². The number of amides is 1. The molecule has 8 heteroatoms. The van der Waals surface area contributed by atoms with Crippen molar-refractivity contribution in [3.63, 3.8) is 0 Å². The molecule has 1 N–H and O–H groups in total. The van der Waals surface area contributed by atoms with E-state index in [2.05, 4.69) is 5.32 Å². The number of carbonyl (C=O) groups is 2. The summed E-state index contributed by atoms with van der Waals surface area (Å²) >= 11 is 0. The molecule has 1 spiro atoms. The van der Waals surface area contributed by atoms with Crippen molar-refractivity contribution in [3.05, 3.63) is 24.3 Å². The molecule has 1 heterocycles. The fraction of sp³-hybridized carbons (Fsp3) is 0.500. The molecule has 130 valence electrons. The molecule has 1 aromatic rings. The molecule has 0 aromatic heterocycles. The number of anilines is 1. The maximum Gasteiger partial charge on any atom is 0.327 e. The number of hydrogen-bond acceptors (Lipinski definition) is 5. The normalized spacial score (nSPS) is 20.8. The smallest absolute Gasteiger partial charge is 0.327 e. The molecule has 0 atom stereocenters. The molecule has 0 bridgehead atoms. The number of esters is 1. The second-order valence-corrected chi connectivity index (χ2v) is 8.02. The summed E-state index contributed by atoms with van der Waals surface area (Å²) < 4.78 is 32.6. The average Bonchev–Trinajstić information content (AvgIpc) is 3.00. The van der Waals surface area contributed by atoms with Gasteiger partial charge in [0.05, 0.1) is 4.90 Å². The number of rotatable bonds is 3. The van der Waals surface area contributed by atoms with Crippen LogP contribution in [0.4, 0.5) is 5.69 Å². The van der Waals surface area contributed by atoms with E-state index >= 15 is 0 Å². The van der Waals surface area contributed by atoms with E-state index in [9.17, 15) is 18.0 Å². The predicted octanol–water partition coefficient (Wildman–Crippen LogP) is 1.51. The molecule has 0 radical (unpaired) electrons. The molecule has 1 aliphatic heterocycles.